The molecule has 1 saturated carbocycles. The van der Waals surface area contributed by atoms with Crippen LogP contribution in [0.4, 0.5) is 0 Å². The fourth-order valence-corrected chi connectivity index (χ4v) is 2.27. The van der Waals surface area contributed by atoms with Gasteiger partial charge in [0.1, 0.15) is 0 Å². The van der Waals surface area contributed by atoms with Crippen LogP contribution in [0, 0.1) is 11.8 Å². The van der Waals surface area contributed by atoms with Crippen molar-refractivity contribution in [1.29, 1.82) is 0 Å². The topological polar surface area (TPSA) is 0 Å². The highest BCUT2D eigenvalue weighted by Crippen LogP contribution is 2.33. The third-order valence-corrected chi connectivity index (χ3v) is 4.29. The van der Waals surface area contributed by atoms with Crippen LogP contribution in [-0.2, 0) is 0 Å². The number of alkyl halides is 1. The van der Waals surface area contributed by atoms with Crippen LogP contribution in [0.25, 0.3) is 0 Å². The minimum absolute atomic E-state index is 0.806. The molecular formula is C9H15I. The van der Waals surface area contributed by atoms with E-state index in [1.54, 1.807) is 0 Å². The Morgan fingerprint density at radius 2 is 2.20 bits per heavy atom. The Hall–Kier alpha value is 0.470. The Balaban J connectivity index is 2.40. The summed E-state index contributed by atoms with van der Waals surface area (Å²) < 4.78 is 0.911. The molecule has 58 valence electrons. The maximum atomic E-state index is 3.84. The van der Waals surface area contributed by atoms with Crippen molar-refractivity contribution in [2.45, 2.75) is 30.1 Å². The zero-order valence-electron chi connectivity index (χ0n) is 6.52. The van der Waals surface area contributed by atoms with Gasteiger partial charge in [0, 0.05) is 3.92 Å². The lowest BCUT2D eigenvalue weighted by Gasteiger charge is -2.28. The van der Waals surface area contributed by atoms with Crippen LogP contribution in [0.3, 0.4) is 0 Å². The molecule has 0 heterocycles. The second kappa shape index (κ2) is 3.74. The zero-order valence-corrected chi connectivity index (χ0v) is 8.67. The molecule has 1 aliphatic rings. The lowest BCUT2D eigenvalue weighted by Crippen LogP contribution is -2.21. The largest absolute Gasteiger partial charge is 0.103 e. The van der Waals surface area contributed by atoms with E-state index in [4.69, 9.17) is 0 Å². The van der Waals surface area contributed by atoms with Gasteiger partial charge in [-0.3, -0.25) is 0 Å². The summed E-state index contributed by atoms with van der Waals surface area (Å²) in [5.74, 6) is 1.71. The van der Waals surface area contributed by atoms with Crippen molar-refractivity contribution in [2.75, 3.05) is 0 Å². The van der Waals surface area contributed by atoms with E-state index in [1.807, 2.05) is 0 Å². The minimum Gasteiger partial charge on any atom is -0.103 e. The predicted molar refractivity (Wildman–Crippen MR) is 54.5 cm³/mol. The summed E-state index contributed by atoms with van der Waals surface area (Å²) >= 11 is 2.57. The van der Waals surface area contributed by atoms with Gasteiger partial charge in [0.15, 0.2) is 0 Å². The molecule has 0 aromatic rings. The maximum Gasteiger partial charge on any atom is 0.0136 e. The van der Waals surface area contributed by atoms with Gasteiger partial charge in [0.25, 0.3) is 0 Å². The smallest absolute Gasteiger partial charge is 0.0136 e. The van der Waals surface area contributed by atoms with Gasteiger partial charge in [-0.1, -0.05) is 35.6 Å². The second-order valence-corrected chi connectivity index (χ2v) is 4.90. The average molecular weight is 250 g/mol. The Labute approximate surface area is 77.2 Å². The van der Waals surface area contributed by atoms with Crippen molar-refractivity contribution in [3.63, 3.8) is 0 Å². The first-order valence-corrected chi connectivity index (χ1v) is 5.25. The number of hydrogen-bond donors (Lipinski definition) is 0. The van der Waals surface area contributed by atoms with E-state index in [2.05, 4.69) is 42.2 Å². The first-order valence-electron chi connectivity index (χ1n) is 4.00. The van der Waals surface area contributed by atoms with Crippen LogP contribution >= 0.6 is 22.6 Å². The summed E-state index contributed by atoms with van der Waals surface area (Å²) in [6, 6.07) is 0. The van der Waals surface area contributed by atoms with Crippen LogP contribution in [0.2, 0.25) is 0 Å². The molecular weight excluding hydrogens is 235 g/mol. The zero-order chi connectivity index (χ0) is 7.56. The molecule has 3 atom stereocenters. The van der Waals surface area contributed by atoms with Gasteiger partial charge < -0.3 is 0 Å². The van der Waals surface area contributed by atoms with Crippen LogP contribution in [0.15, 0.2) is 12.7 Å². The molecule has 10 heavy (non-hydrogen) atoms. The van der Waals surface area contributed by atoms with E-state index in [-0.39, 0.29) is 0 Å². The van der Waals surface area contributed by atoms with Crippen LogP contribution in [0.1, 0.15) is 26.2 Å². The molecule has 0 aromatic heterocycles. The molecule has 0 amide bonds. The number of rotatable bonds is 1. The van der Waals surface area contributed by atoms with Gasteiger partial charge in [-0.05, 0) is 31.1 Å². The van der Waals surface area contributed by atoms with Crippen LogP contribution < -0.4 is 0 Å². The summed E-state index contributed by atoms with van der Waals surface area (Å²) in [6.07, 6.45) is 6.23. The molecule has 0 N–H and O–H groups in total. The fourth-order valence-electron chi connectivity index (χ4n) is 1.61. The molecule has 0 nitrogen and oxygen atoms in total. The molecule has 1 rings (SSSR count). The third-order valence-electron chi connectivity index (χ3n) is 2.44. The highest BCUT2D eigenvalue weighted by molar-refractivity contribution is 14.1. The van der Waals surface area contributed by atoms with E-state index in [0.29, 0.717) is 0 Å². The van der Waals surface area contributed by atoms with Gasteiger partial charge >= 0.3 is 0 Å². The standard InChI is InChI=1S/C9H15I/c1-3-8-4-5-9(10)7(2)6-8/h3,7-9H,1,4-6H2,2H3. The molecule has 0 aliphatic heterocycles. The van der Waals surface area contributed by atoms with Crippen molar-refractivity contribution in [3.8, 4) is 0 Å². The predicted octanol–water partition coefficient (Wildman–Crippen LogP) is 3.41. The fraction of sp³-hybridized carbons (Fsp3) is 0.778. The molecule has 3 unspecified atom stereocenters. The molecule has 0 spiro atoms. The van der Waals surface area contributed by atoms with Gasteiger partial charge in [-0.15, -0.1) is 6.58 Å². The molecule has 1 aliphatic carbocycles. The van der Waals surface area contributed by atoms with E-state index in [1.165, 1.54) is 19.3 Å². The molecule has 0 saturated heterocycles. The van der Waals surface area contributed by atoms with Crippen molar-refractivity contribution in [1.82, 2.24) is 0 Å². The highest BCUT2D eigenvalue weighted by atomic mass is 127. The third kappa shape index (κ3) is 1.97. The average Bonchev–Trinajstić information content (AvgIpc) is 1.95. The van der Waals surface area contributed by atoms with Crippen LogP contribution in [-0.4, -0.2) is 3.92 Å². The van der Waals surface area contributed by atoms with Gasteiger partial charge in [0.05, 0.1) is 0 Å². The SMILES string of the molecule is C=CC1CCC(I)C(C)C1. The van der Waals surface area contributed by atoms with E-state index >= 15 is 0 Å². The molecule has 1 fully saturated rings. The van der Waals surface area contributed by atoms with Crippen molar-refractivity contribution in [2.24, 2.45) is 11.8 Å². The maximum absolute atomic E-state index is 3.84. The quantitative estimate of drug-likeness (QED) is 0.380. The van der Waals surface area contributed by atoms with E-state index in [0.717, 1.165) is 15.8 Å². The number of allylic oxidation sites excluding steroid dienone is 1. The summed E-state index contributed by atoms with van der Waals surface area (Å²) in [6.45, 7) is 6.20. The Morgan fingerprint density at radius 1 is 1.50 bits per heavy atom. The highest BCUT2D eigenvalue weighted by Gasteiger charge is 2.23. The van der Waals surface area contributed by atoms with Crippen LogP contribution in [0.5, 0.6) is 0 Å². The summed E-state index contributed by atoms with van der Waals surface area (Å²) in [5, 5.41) is 0. The first-order chi connectivity index (χ1) is 4.74. The van der Waals surface area contributed by atoms with Crippen molar-refractivity contribution < 1.29 is 0 Å². The number of hydrogen-bond acceptors (Lipinski definition) is 0. The summed E-state index contributed by atoms with van der Waals surface area (Å²) in [5.41, 5.74) is 0. The molecule has 0 bridgehead atoms. The molecule has 1 heteroatoms. The van der Waals surface area contributed by atoms with Gasteiger partial charge in [0.2, 0.25) is 0 Å². The first kappa shape index (κ1) is 8.57. The normalized spacial score (nSPS) is 41.2. The summed E-state index contributed by atoms with van der Waals surface area (Å²) in [7, 11) is 0. The second-order valence-electron chi connectivity index (χ2n) is 3.30. The Kier molecular flexibility index (Phi) is 3.21. The van der Waals surface area contributed by atoms with E-state index in [9.17, 15) is 0 Å². The Bertz CT molecular complexity index is 120. The lowest BCUT2D eigenvalue weighted by atomic mass is 9.83. The van der Waals surface area contributed by atoms with Crippen molar-refractivity contribution >= 4 is 22.6 Å². The number of halogens is 1. The molecule has 0 radical (unpaired) electrons. The molecule has 0 aromatic carbocycles. The van der Waals surface area contributed by atoms with Crippen molar-refractivity contribution in [3.05, 3.63) is 12.7 Å². The lowest BCUT2D eigenvalue weighted by molar-refractivity contribution is 0.345. The van der Waals surface area contributed by atoms with E-state index < -0.39 is 0 Å². The summed E-state index contributed by atoms with van der Waals surface area (Å²) in [4.78, 5) is 0. The Morgan fingerprint density at radius 3 is 2.70 bits per heavy atom. The minimum atomic E-state index is 0.806. The van der Waals surface area contributed by atoms with Gasteiger partial charge in [-0.25, -0.2) is 0 Å². The monoisotopic (exact) mass is 250 g/mol. The van der Waals surface area contributed by atoms with Gasteiger partial charge in [-0.2, -0.15) is 0 Å².